The van der Waals surface area contributed by atoms with E-state index in [1.165, 1.54) is 11.1 Å². The van der Waals surface area contributed by atoms with Crippen molar-refractivity contribution < 1.29 is 24.3 Å². The summed E-state index contributed by atoms with van der Waals surface area (Å²) in [6.45, 7) is 6.95. The Hall–Kier alpha value is -4.64. The summed E-state index contributed by atoms with van der Waals surface area (Å²) in [5, 5.41) is 28.5. The van der Waals surface area contributed by atoms with Gasteiger partial charge in [-0.2, -0.15) is 5.26 Å². The maximum atomic E-state index is 14.0. The molecule has 2 N–H and O–H groups in total. The summed E-state index contributed by atoms with van der Waals surface area (Å²) in [6, 6.07) is 32.9. The third-order valence-electron chi connectivity index (χ3n) is 16.0. The van der Waals surface area contributed by atoms with E-state index in [0.717, 1.165) is 75.6 Å². The van der Waals surface area contributed by atoms with E-state index in [2.05, 4.69) is 78.2 Å². The van der Waals surface area contributed by atoms with Crippen LogP contribution in [-0.2, 0) is 44.9 Å². The third-order valence-corrected chi connectivity index (χ3v) is 17.5. The summed E-state index contributed by atoms with van der Waals surface area (Å²) in [7, 11) is 0. The summed E-state index contributed by atoms with van der Waals surface area (Å²) in [5.74, 6) is 0.943. The fraction of sp³-hybridized carbons (Fsp3) is 0.508. The highest BCUT2D eigenvalue weighted by molar-refractivity contribution is 6.42. The van der Waals surface area contributed by atoms with Gasteiger partial charge in [-0.15, -0.1) is 0 Å². The molecule has 11 nitrogen and oxygen atoms in total. The molecule has 8 atom stereocenters. The van der Waals surface area contributed by atoms with Crippen molar-refractivity contribution in [3.8, 4) is 6.07 Å². The molecular formula is C61H74Cl4N6O5. The highest BCUT2D eigenvalue weighted by atomic mass is 35.5. The van der Waals surface area contributed by atoms with Gasteiger partial charge in [-0.25, -0.2) is 0 Å². The Balaban J connectivity index is 0.000000221. The number of carbonyl (C=O) groups excluding carboxylic acids is 4. The number of nitriles is 1. The number of fused-ring (bicyclic) bond motifs is 2. The van der Waals surface area contributed by atoms with Gasteiger partial charge in [0.1, 0.15) is 0 Å². The molecule has 0 aromatic heterocycles. The minimum Gasteiger partial charge on any atom is -0.390 e. The van der Waals surface area contributed by atoms with Gasteiger partial charge < -0.3 is 20.3 Å². The molecular weight excluding hydrogens is 1040 g/mol. The van der Waals surface area contributed by atoms with Crippen LogP contribution >= 0.6 is 46.4 Å². The molecule has 4 aliphatic rings. The molecule has 4 saturated heterocycles. The van der Waals surface area contributed by atoms with Gasteiger partial charge in [0.2, 0.25) is 11.8 Å². The Kier molecular flexibility index (Phi) is 22.4. The number of hydrogen-bond donors (Lipinski definition) is 2. The number of hydrogen-bond acceptors (Lipinski definition) is 9. The Morgan fingerprint density at radius 3 is 1.46 bits per heavy atom. The van der Waals surface area contributed by atoms with Gasteiger partial charge in [0, 0.05) is 63.2 Å². The zero-order valence-corrected chi connectivity index (χ0v) is 47.1. The van der Waals surface area contributed by atoms with E-state index in [1.807, 2.05) is 29.2 Å². The molecule has 8 rings (SSSR count). The van der Waals surface area contributed by atoms with Crippen LogP contribution in [0.1, 0.15) is 113 Å². The molecule has 0 saturated carbocycles. The van der Waals surface area contributed by atoms with E-state index in [4.69, 9.17) is 51.8 Å². The van der Waals surface area contributed by atoms with Crippen LogP contribution in [0, 0.1) is 28.6 Å². The maximum Gasteiger partial charge on any atom is 0.240 e. The minimum atomic E-state index is -0.613. The van der Waals surface area contributed by atoms with Crippen molar-refractivity contribution in [2.24, 2.45) is 11.8 Å². The molecule has 76 heavy (non-hydrogen) atoms. The van der Waals surface area contributed by atoms with Crippen LogP contribution in [0.3, 0.4) is 0 Å². The van der Waals surface area contributed by atoms with Crippen LogP contribution in [0.15, 0.2) is 97.1 Å². The fourth-order valence-electron chi connectivity index (χ4n) is 12.0. The number of benzene rings is 4. The predicted octanol–water partition coefficient (Wildman–Crippen LogP) is 11.7. The summed E-state index contributed by atoms with van der Waals surface area (Å²) in [5.41, 5.74) is 4.63. The van der Waals surface area contributed by atoms with Crippen LogP contribution < -0.4 is 0 Å². The van der Waals surface area contributed by atoms with Gasteiger partial charge in [0.15, 0.2) is 11.6 Å². The van der Waals surface area contributed by atoms with Gasteiger partial charge >= 0.3 is 0 Å². The van der Waals surface area contributed by atoms with Crippen molar-refractivity contribution in [2.75, 3.05) is 32.8 Å². The quantitative estimate of drug-likeness (QED) is 0.0739. The van der Waals surface area contributed by atoms with Crippen LogP contribution in [0.5, 0.6) is 0 Å². The summed E-state index contributed by atoms with van der Waals surface area (Å²) < 4.78 is 0. The zero-order valence-electron chi connectivity index (χ0n) is 44.0. The molecule has 4 heterocycles. The summed E-state index contributed by atoms with van der Waals surface area (Å²) >= 11 is 24.4. The maximum absolute atomic E-state index is 14.0. The smallest absolute Gasteiger partial charge is 0.240 e. The number of nitrogens with zero attached hydrogens (tertiary/aromatic N) is 5. The van der Waals surface area contributed by atoms with E-state index in [-0.39, 0.29) is 73.1 Å². The predicted molar refractivity (Wildman–Crippen MR) is 304 cm³/mol. The second-order valence-corrected chi connectivity index (χ2v) is 23.2. The largest absolute Gasteiger partial charge is 0.390 e. The molecule has 406 valence electrons. The number of ketones is 2. The van der Waals surface area contributed by atoms with Gasteiger partial charge in [-0.05, 0) is 142 Å². The van der Waals surface area contributed by atoms with Crippen molar-refractivity contribution in [3.05, 3.63) is 139 Å². The second-order valence-electron chi connectivity index (χ2n) is 21.6. The number of halogens is 4. The van der Waals surface area contributed by atoms with Crippen LogP contribution in [0.2, 0.25) is 20.1 Å². The van der Waals surface area contributed by atoms with E-state index in [9.17, 15) is 29.5 Å². The molecule has 2 amide bonds. The van der Waals surface area contributed by atoms with Crippen molar-refractivity contribution in [1.82, 2.24) is 19.6 Å². The molecule has 0 radical (unpaired) electrons. The van der Waals surface area contributed by atoms with Crippen molar-refractivity contribution in [1.29, 1.82) is 10.7 Å². The first-order valence-corrected chi connectivity index (χ1v) is 28.8. The Labute approximate surface area is 470 Å². The molecule has 4 fully saturated rings. The van der Waals surface area contributed by atoms with Gasteiger partial charge in [0.05, 0.1) is 56.9 Å². The molecule has 4 aliphatic heterocycles. The van der Waals surface area contributed by atoms with Crippen molar-refractivity contribution >= 4 is 75.5 Å². The lowest BCUT2D eigenvalue weighted by Gasteiger charge is -2.32. The standard InChI is InChI=1S/C31H39Cl2N3O3.C30H35Cl2N3O2/c1-21-17-29-31(39)35(16-15-25(36(29)19-21)11-7-22-5-3-2-4-6-22)28(13-10-24(34)20-37)30(38)14-9-23-8-12-26(32)27(33)18-23;1-21-18-28-30(37)34(17-15-24(35(28)20-21)12-9-22-6-3-2-4-7-22)27(8-5-16-33)29(36)14-11-23-10-13-25(31)26(32)19-23/h2-6,8,12,18,21,25,28-29,34,37H,7,9-11,13-17,19-20H2,1H3;2-4,6-7,10,13,19,21,24,27-28H,5,8-9,11-12,14-15,17-18,20H2,1H3/t21-,25?,28-,29+;21-,24?,27-,28+/m11/s1. The van der Waals surface area contributed by atoms with Crippen molar-refractivity contribution in [3.63, 3.8) is 0 Å². The first-order valence-electron chi connectivity index (χ1n) is 27.3. The lowest BCUT2D eigenvalue weighted by molar-refractivity contribution is -0.142. The molecule has 2 unspecified atom stereocenters. The lowest BCUT2D eigenvalue weighted by Crippen LogP contribution is -2.50. The topological polar surface area (TPSA) is 149 Å². The van der Waals surface area contributed by atoms with E-state index in [0.29, 0.717) is 83.2 Å². The average Bonchev–Trinajstić information content (AvgIpc) is 3.96. The zero-order chi connectivity index (χ0) is 54.3. The number of rotatable bonds is 22. The first kappa shape index (κ1) is 59.0. The number of Topliss-reactive ketones (excluding diaryl/α,β-unsaturated/α-hetero) is 2. The molecule has 0 spiro atoms. The molecule has 0 bridgehead atoms. The molecule has 0 aliphatic carbocycles. The van der Waals surface area contributed by atoms with Crippen LogP contribution in [0.25, 0.3) is 0 Å². The minimum absolute atomic E-state index is 0.00926. The van der Waals surface area contributed by atoms with Gasteiger partial charge in [0.25, 0.3) is 0 Å². The van der Waals surface area contributed by atoms with Crippen LogP contribution in [-0.4, -0.2) is 123 Å². The number of carbonyl (C=O) groups is 4. The van der Waals surface area contributed by atoms with E-state index < -0.39 is 12.1 Å². The Morgan fingerprint density at radius 2 is 1.05 bits per heavy atom. The highest BCUT2D eigenvalue weighted by Gasteiger charge is 2.47. The fourth-order valence-corrected chi connectivity index (χ4v) is 12.6. The first-order chi connectivity index (χ1) is 36.6. The number of aliphatic hydroxyl groups excluding tert-OH is 1. The summed E-state index contributed by atoms with van der Waals surface area (Å²) in [6.07, 6.45) is 9.99. The van der Waals surface area contributed by atoms with E-state index in [1.54, 1.807) is 29.2 Å². The SMILES string of the molecule is C[C@@H]1C[C@H]2C(=O)N([C@H](CCC#N)C(=O)CCc3ccc(Cl)c(Cl)c3)CCC(CCc3ccccc3)N2C1.C[C@@H]1C[C@H]2C(=O)N([C@H](CCC(=N)CO)C(=O)CCc3ccc(Cl)c(Cl)c3)CCC(CCc3ccccc3)N2C1. The monoisotopic (exact) mass is 1110 g/mol. The average molecular weight is 1110 g/mol. The number of aryl methyl sites for hydroxylation is 4. The molecule has 15 heteroatoms. The van der Waals surface area contributed by atoms with Crippen LogP contribution in [0.4, 0.5) is 0 Å². The Bertz CT molecular complexity index is 2650. The summed E-state index contributed by atoms with van der Waals surface area (Å²) in [4.78, 5) is 63.5. The molecule has 4 aromatic rings. The van der Waals surface area contributed by atoms with Gasteiger partial charge in [-0.1, -0.05) is 133 Å². The normalized spacial score (nSPS) is 22.6. The number of amides is 2. The third kappa shape index (κ3) is 16.0. The highest BCUT2D eigenvalue weighted by Crippen LogP contribution is 2.36. The van der Waals surface area contributed by atoms with Crippen molar-refractivity contribution in [2.45, 2.75) is 153 Å². The van der Waals surface area contributed by atoms with Gasteiger partial charge in [-0.3, -0.25) is 29.0 Å². The Morgan fingerprint density at radius 1 is 0.618 bits per heavy atom. The number of nitrogens with one attached hydrogen (secondary N) is 1. The molecule has 4 aromatic carbocycles. The lowest BCUT2D eigenvalue weighted by atomic mass is 9.96. The number of aliphatic hydroxyl groups is 1. The second kappa shape index (κ2) is 28.8. The van der Waals surface area contributed by atoms with E-state index >= 15 is 0 Å².